The first-order chi connectivity index (χ1) is 9.66. The third-order valence-corrected chi connectivity index (χ3v) is 4.24. The number of benzene rings is 2. The molecule has 0 saturated carbocycles. The van der Waals surface area contributed by atoms with Gasteiger partial charge in [0, 0.05) is 5.56 Å². The molecule has 1 amide bonds. The number of amides is 1. The Labute approximate surface area is 125 Å². The Balaban J connectivity index is 1.98. The Morgan fingerprint density at radius 3 is 2.85 bits per heavy atom. The van der Waals surface area contributed by atoms with Gasteiger partial charge < -0.3 is 5.32 Å². The molecule has 1 aromatic heterocycles. The average molecular weight is 303 g/mol. The third-order valence-electron chi connectivity index (χ3n) is 3.07. The van der Waals surface area contributed by atoms with Crippen LogP contribution in [0.1, 0.15) is 15.9 Å². The highest BCUT2D eigenvalue weighted by molar-refractivity contribution is 7.17. The van der Waals surface area contributed by atoms with Gasteiger partial charge in [-0.05, 0) is 30.7 Å². The maximum absolute atomic E-state index is 12.3. The molecule has 3 aromatic rings. The molecule has 1 heterocycles. The van der Waals surface area contributed by atoms with E-state index in [0.717, 1.165) is 21.5 Å². The Kier molecular flexibility index (Phi) is 3.42. The number of hydrogen-bond acceptors (Lipinski definition) is 3. The molecule has 3 nitrogen and oxygen atoms in total. The smallest absolute Gasteiger partial charge is 0.255 e. The number of aryl methyl sites for hydroxylation is 1. The second-order valence-corrected chi connectivity index (χ2v) is 5.66. The molecule has 0 unspecified atom stereocenters. The van der Waals surface area contributed by atoms with Gasteiger partial charge >= 0.3 is 0 Å². The van der Waals surface area contributed by atoms with E-state index in [1.807, 2.05) is 31.2 Å². The second-order valence-electron chi connectivity index (χ2n) is 4.39. The van der Waals surface area contributed by atoms with E-state index >= 15 is 0 Å². The number of halogens is 1. The summed E-state index contributed by atoms with van der Waals surface area (Å²) in [6, 6.07) is 11.0. The average Bonchev–Trinajstić information content (AvgIpc) is 2.93. The summed E-state index contributed by atoms with van der Waals surface area (Å²) in [5, 5.41) is 3.52. The van der Waals surface area contributed by atoms with Crippen LogP contribution in [-0.2, 0) is 0 Å². The number of nitrogens with zero attached hydrogens (tertiary/aromatic N) is 1. The van der Waals surface area contributed by atoms with Crippen molar-refractivity contribution < 1.29 is 4.79 Å². The predicted molar refractivity (Wildman–Crippen MR) is 83.8 cm³/mol. The van der Waals surface area contributed by atoms with Crippen LogP contribution in [0.25, 0.3) is 10.2 Å². The highest BCUT2D eigenvalue weighted by Crippen LogP contribution is 2.32. The monoisotopic (exact) mass is 302 g/mol. The number of thiazole rings is 1. The van der Waals surface area contributed by atoms with E-state index in [1.54, 1.807) is 17.6 Å². The molecular weight excluding hydrogens is 292 g/mol. The Bertz CT molecular complexity index is 797. The van der Waals surface area contributed by atoms with Crippen LogP contribution < -0.4 is 5.32 Å². The number of fused-ring (bicyclic) bond motifs is 1. The number of anilines is 1. The van der Waals surface area contributed by atoms with Crippen LogP contribution in [0.4, 0.5) is 5.69 Å². The topological polar surface area (TPSA) is 42.0 Å². The molecule has 0 atom stereocenters. The van der Waals surface area contributed by atoms with Gasteiger partial charge in [-0.1, -0.05) is 29.8 Å². The molecule has 5 heteroatoms. The Morgan fingerprint density at radius 1 is 1.25 bits per heavy atom. The summed E-state index contributed by atoms with van der Waals surface area (Å²) in [4.78, 5) is 16.5. The Hall–Kier alpha value is -1.91. The highest BCUT2D eigenvalue weighted by Gasteiger charge is 2.12. The molecule has 0 spiro atoms. The van der Waals surface area contributed by atoms with Gasteiger partial charge in [0.15, 0.2) is 0 Å². The van der Waals surface area contributed by atoms with E-state index in [4.69, 9.17) is 11.6 Å². The summed E-state index contributed by atoms with van der Waals surface area (Å²) < 4.78 is 0.888. The van der Waals surface area contributed by atoms with Crippen molar-refractivity contribution in [2.75, 3.05) is 5.32 Å². The molecule has 0 aliphatic carbocycles. The summed E-state index contributed by atoms with van der Waals surface area (Å²) in [7, 11) is 0. The van der Waals surface area contributed by atoms with Gasteiger partial charge in [-0.25, -0.2) is 4.98 Å². The molecule has 0 aliphatic heterocycles. The quantitative estimate of drug-likeness (QED) is 0.756. The first-order valence-electron chi connectivity index (χ1n) is 6.05. The van der Waals surface area contributed by atoms with E-state index in [9.17, 15) is 4.79 Å². The molecule has 0 radical (unpaired) electrons. The molecule has 3 rings (SSSR count). The third kappa shape index (κ3) is 2.28. The SMILES string of the molecule is Cc1ccccc1C(=O)Nc1ccc(Cl)c2ncsc12. The lowest BCUT2D eigenvalue weighted by Crippen LogP contribution is -2.13. The van der Waals surface area contributed by atoms with Gasteiger partial charge in [0.25, 0.3) is 5.91 Å². The van der Waals surface area contributed by atoms with Gasteiger partial charge in [0.05, 0.1) is 20.9 Å². The second kappa shape index (κ2) is 5.23. The van der Waals surface area contributed by atoms with Crippen molar-refractivity contribution >= 4 is 44.7 Å². The zero-order valence-electron chi connectivity index (χ0n) is 10.7. The lowest BCUT2D eigenvalue weighted by atomic mass is 10.1. The normalized spacial score (nSPS) is 10.7. The first kappa shape index (κ1) is 13.1. The zero-order chi connectivity index (χ0) is 14.1. The lowest BCUT2D eigenvalue weighted by molar-refractivity contribution is 0.102. The molecule has 0 aliphatic rings. The van der Waals surface area contributed by atoms with Crippen LogP contribution in [0.3, 0.4) is 0 Å². The number of nitrogens with one attached hydrogen (secondary N) is 1. The maximum atomic E-state index is 12.3. The summed E-state index contributed by atoms with van der Waals surface area (Å²) in [6.07, 6.45) is 0. The predicted octanol–water partition coefficient (Wildman–Crippen LogP) is 4.51. The van der Waals surface area contributed by atoms with Crippen LogP contribution in [0.2, 0.25) is 5.02 Å². The lowest BCUT2D eigenvalue weighted by Gasteiger charge is -2.08. The van der Waals surface area contributed by atoms with Crippen molar-refractivity contribution in [3.8, 4) is 0 Å². The number of aromatic nitrogens is 1. The van der Waals surface area contributed by atoms with Crippen LogP contribution in [0.15, 0.2) is 41.9 Å². The molecule has 0 saturated heterocycles. The standard InChI is InChI=1S/C15H11ClN2OS/c1-9-4-2-3-5-10(9)15(19)18-12-7-6-11(16)13-14(12)20-8-17-13/h2-8H,1H3,(H,18,19). The van der Waals surface area contributed by atoms with E-state index in [0.29, 0.717) is 10.6 Å². The van der Waals surface area contributed by atoms with Crippen molar-refractivity contribution in [3.05, 3.63) is 58.1 Å². The number of rotatable bonds is 2. The maximum Gasteiger partial charge on any atom is 0.255 e. The van der Waals surface area contributed by atoms with E-state index in [-0.39, 0.29) is 5.91 Å². The minimum Gasteiger partial charge on any atom is -0.321 e. The molecule has 1 N–H and O–H groups in total. The fourth-order valence-electron chi connectivity index (χ4n) is 2.03. The largest absolute Gasteiger partial charge is 0.321 e. The van der Waals surface area contributed by atoms with Gasteiger partial charge in [0.1, 0.15) is 5.52 Å². The van der Waals surface area contributed by atoms with Crippen molar-refractivity contribution in [2.24, 2.45) is 0 Å². The summed E-state index contributed by atoms with van der Waals surface area (Å²) >= 11 is 7.54. The fourth-order valence-corrected chi connectivity index (χ4v) is 3.08. The minimum atomic E-state index is -0.125. The van der Waals surface area contributed by atoms with Crippen molar-refractivity contribution in [1.29, 1.82) is 0 Å². The van der Waals surface area contributed by atoms with Gasteiger partial charge in [-0.2, -0.15) is 0 Å². The van der Waals surface area contributed by atoms with Crippen LogP contribution in [0, 0.1) is 6.92 Å². The van der Waals surface area contributed by atoms with Crippen LogP contribution >= 0.6 is 22.9 Å². The molecular formula is C15H11ClN2OS. The number of carbonyl (C=O) groups excluding carboxylic acids is 1. The van der Waals surface area contributed by atoms with Gasteiger partial charge in [-0.3, -0.25) is 4.79 Å². The number of carbonyl (C=O) groups is 1. The Morgan fingerprint density at radius 2 is 2.05 bits per heavy atom. The highest BCUT2D eigenvalue weighted by atomic mass is 35.5. The molecule has 100 valence electrons. The molecule has 0 bridgehead atoms. The van der Waals surface area contributed by atoms with Crippen molar-refractivity contribution in [1.82, 2.24) is 4.98 Å². The summed E-state index contributed by atoms with van der Waals surface area (Å²) in [5.74, 6) is -0.125. The van der Waals surface area contributed by atoms with E-state index < -0.39 is 0 Å². The molecule has 20 heavy (non-hydrogen) atoms. The van der Waals surface area contributed by atoms with Crippen LogP contribution in [-0.4, -0.2) is 10.9 Å². The van der Waals surface area contributed by atoms with Gasteiger partial charge in [0.2, 0.25) is 0 Å². The van der Waals surface area contributed by atoms with E-state index in [2.05, 4.69) is 10.3 Å². The van der Waals surface area contributed by atoms with Crippen LogP contribution in [0.5, 0.6) is 0 Å². The molecule has 0 fully saturated rings. The molecule has 2 aromatic carbocycles. The minimum absolute atomic E-state index is 0.125. The fraction of sp³-hybridized carbons (Fsp3) is 0.0667. The number of hydrogen-bond donors (Lipinski definition) is 1. The zero-order valence-corrected chi connectivity index (χ0v) is 12.3. The van der Waals surface area contributed by atoms with Crippen molar-refractivity contribution in [2.45, 2.75) is 6.92 Å². The van der Waals surface area contributed by atoms with Gasteiger partial charge in [-0.15, -0.1) is 11.3 Å². The van der Waals surface area contributed by atoms with E-state index in [1.165, 1.54) is 11.3 Å². The summed E-state index contributed by atoms with van der Waals surface area (Å²) in [6.45, 7) is 1.92. The van der Waals surface area contributed by atoms with Crippen molar-refractivity contribution in [3.63, 3.8) is 0 Å². The summed E-state index contributed by atoms with van der Waals surface area (Å²) in [5.41, 5.74) is 4.79. The first-order valence-corrected chi connectivity index (χ1v) is 7.31.